The molecule has 6 aliphatic carbocycles. The van der Waals surface area contributed by atoms with E-state index in [9.17, 15) is 0 Å². The van der Waals surface area contributed by atoms with Gasteiger partial charge in [0.2, 0.25) is 0 Å². The van der Waals surface area contributed by atoms with Crippen molar-refractivity contribution < 1.29 is 0 Å². The molecule has 6 fully saturated rings. The Hall–Kier alpha value is 0. The van der Waals surface area contributed by atoms with Gasteiger partial charge in [0.25, 0.3) is 0 Å². The van der Waals surface area contributed by atoms with Crippen LogP contribution in [0, 0.1) is 65.1 Å². The molecular formula is C33H56. The molecule has 188 valence electrons. The highest BCUT2D eigenvalue weighted by Crippen LogP contribution is 2.63. The zero-order chi connectivity index (χ0) is 22.2. The summed E-state index contributed by atoms with van der Waals surface area (Å²) in [6.45, 7) is 2.62. The van der Waals surface area contributed by atoms with Crippen LogP contribution < -0.4 is 0 Å². The molecule has 0 heterocycles. The van der Waals surface area contributed by atoms with E-state index < -0.39 is 0 Å². The van der Waals surface area contributed by atoms with Gasteiger partial charge >= 0.3 is 0 Å². The highest BCUT2D eigenvalue weighted by atomic mass is 14.6. The van der Waals surface area contributed by atoms with Crippen LogP contribution in [0.25, 0.3) is 0 Å². The maximum absolute atomic E-state index is 2.62. The summed E-state index contributed by atoms with van der Waals surface area (Å²) >= 11 is 0. The first-order valence-corrected chi connectivity index (χ1v) is 16.3. The minimum atomic E-state index is 1.01. The summed E-state index contributed by atoms with van der Waals surface area (Å²) in [5.74, 6) is 12.3. The summed E-state index contributed by atoms with van der Waals surface area (Å²) in [7, 11) is 0. The Bertz CT molecular complexity index is 602. The Morgan fingerprint density at radius 3 is 1.39 bits per heavy atom. The molecule has 7 unspecified atom stereocenters. The third-order valence-corrected chi connectivity index (χ3v) is 12.9. The molecule has 0 heteroatoms. The molecule has 0 nitrogen and oxygen atoms in total. The molecule has 0 saturated heterocycles. The van der Waals surface area contributed by atoms with E-state index in [4.69, 9.17) is 0 Å². The van der Waals surface area contributed by atoms with Crippen LogP contribution in [0.3, 0.4) is 0 Å². The van der Waals surface area contributed by atoms with E-state index in [0.717, 1.165) is 65.1 Å². The SMILES string of the molecule is CC1CCC2C(C1)C(C1CCCCC1)C1CCCCC1C2C1CCC(C2CCCCC2)CC1. The molecule has 0 N–H and O–H groups in total. The van der Waals surface area contributed by atoms with Gasteiger partial charge < -0.3 is 0 Å². The number of rotatable bonds is 3. The molecule has 0 aromatic rings. The van der Waals surface area contributed by atoms with Crippen LogP contribution in [0.2, 0.25) is 0 Å². The molecule has 33 heavy (non-hydrogen) atoms. The zero-order valence-electron chi connectivity index (χ0n) is 22.2. The lowest BCUT2D eigenvalue weighted by atomic mass is 9.44. The predicted molar refractivity (Wildman–Crippen MR) is 141 cm³/mol. The smallest absolute Gasteiger partial charge is 0.0323 e. The highest BCUT2D eigenvalue weighted by Gasteiger charge is 2.55. The van der Waals surface area contributed by atoms with Crippen LogP contribution in [0.4, 0.5) is 0 Å². The van der Waals surface area contributed by atoms with Crippen molar-refractivity contribution in [2.45, 2.75) is 142 Å². The van der Waals surface area contributed by atoms with Crippen molar-refractivity contribution in [3.05, 3.63) is 0 Å². The monoisotopic (exact) mass is 452 g/mol. The van der Waals surface area contributed by atoms with Crippen LogP contribution in [0.1, 0.15) is 142 Å². The molecule has 0 aromatic carbocycles. The molecule has 0 amide bonds. The van der Waals surface area contributed by atoms with Crippen molar-refractivity contribution in [1.82, 2.24) is 0 Å². The quantitative estimate of drug-likeness (QED) is 0.399. The number of hydrogen-bond acceptors (Lipinski definition) is 0. The first-order valence-electron chi connectivity index (χ1n) is 16.3. The third kappa shape index (κ3) is 4.73. The Morgan fingerprint density at radius 2 is 0.758 bits per heavy atom. The Morgan fingerprint density at radius 1 is 0.333 bits per heavy atom. The first-order chi connectivity index (χ1) is 16.3. The van der Waals surface area contributed by atoms with Crippen molar-refractivity contribution in [3.8, 4) is 0 Å². The predicted octanol–water partition coefficient (Wildman–Crippen LogP) is 10.1. The average molecular weight is 453 g/mol. The summed E-state index contributed by atoms with van der Waals surface area (Å²) in [4.78, 5) is 0. The summed E-state index contributed by atoms with van der Waals surface area (Å²) in [6, 6.07) is 0. The Kier molecular flexibility index (Phi) is 7.48. The van der Waals surface area contributed by atoms with Gasteiger partial charge in [0, 0.05) is 0 Å². The standard InChI is InChI=1S/C33H56/c1-23-16-21-30-31(22-23)33(26-12-6-3-7-13-26)29-15-9-8-14-28(29)32(30)27-19-17-25(18-20-27)24-10-4-2-5-11-24/h23-33H,2-22H2,1H3. The average Bonchev–Trinajstić information content (AvgIpc) is 2.88. The highest BCUT2D eigenvalue weighted by molar-refractivity contribution is 5.04. The van der Waals surface area contributed by atoms with Gasteiger partial charge in [-0.25, -0.2) is 0 Å². The van der Waals surface area contributed by atoms with Gasteiger partial charge in [-0.3, -0.25) is 0 Å². The minimum absolute atomic E-state index is 1.01. The fourth-order valence-electron chi connectivity index (χ4n) is 11.7. The summed E-state index contributed by atoms with van der Waals surface area (Å²) in [5.41, 5.74) is 0. The summed E-state index contributed by atoms with van der Waals surface area (Å²) in [6.07, 6.45) is 33.3. The van der Waals surface area contributed by atoms with Gasteiger partial charge in [0.1, 0.15) is 0 Å². The maximum Gasteiger partial charge on any atom is -0.0323 e. The largest absolute Gasteiger partial charge is 0.0625 e. The van der Waals surface area contributed by atoms with Gasteiger partial charge in [0.15, 0.2) is 0 Å². The van der Waals surface area contributed by atoms with Crippen molar-refractivity contribution in [2.75, 3.05) is 0 Å². The molecule has 0 aromatic heterocycles. The molecule has 6 rings (SSSR count). The lowest BCUT2D eigenvalue weighted by Crippen LogP contribution is -2.54. The van der Waals surface area contributed by atoms with Crippen molar-refractivity contribution in [1.29, 1.82) is 0 Å². The second-order valence-electron chi connectivity index (χ2n) is 14.5. The van der Waals surface area contributed by atoms with Gasteiger partial charge in [-0.1, -0.05) is 90.4 Å². The van der Waals surface area contributed by atoms with Crippen molar-refractivity contribution in [3.63, 3.8) is 0 Å². The molecule has 0 spiro atoms. The maximum atomic E-state index is 2.62. The number of hydrogen-bond donors (Lipinski definition) is 0. The lowest BCUT2D eigenvalue weighted by molar-refractivity contribution is -0.120. The van der Waals surface area contributed by atoms with Gasteiger partial charge in [-0.05, 0) is 116 Å². The van der Waals surface area contributed by atoms with Crippen LogP contribution in [-0.4, -0.2) is 0 Å². The van der Waals surface area contributed by atoms with E-state index in [2.05, 4.69) is 6.92 Å². The van der Waals surface area contributed by atoms with E-state index in [1.165, 1.54) is 12.8 Å². The summed E-state index contributed by atoms with van der Waals surface area (Å²) in [5, 5.41) is 0. The van der Waals surface area contributed by atoms with Crippen LogP contribution in [0.5, 0.6) is 0 Å². The molecule has 0 bridgehead atoms. The van der Waals surface area contributed by atoms with E-state index in [1.54, 1.807) is 122 Å². The number of fused-ring (bicyclic) bond motifs is 2. The van der Waals surface area contributed by atoms with E-state index in [-0.39, 0.29) is 0 Å². The van der Waals surface area contributed by atoms with Crippen LogP contribution in [-0.2, 0) is 0 Å². The van der Waals surface area contributed by atoms with Gasteiger partial charge in [-0.2, -0.15) is 0 Å². The molecule has 0 aliphatic heterocycles. The van der Waals surface area contributed by atoms with Crippen molar-refractivity contribution in [2.24, 2.45) is 65.1 Å². The Balaban J connectivity index is 1.22. The second-order valence-corrected chi connectivity index (χ2v) is 14.5. The molecular weight excluding hydrogens is 396 g/mol. The van der Waals surface area contributed by atoms with Crippen molar-refractivity contribution >= 4 is 0 Å². The van der Waals surface area contributed by atoms with Crippen LogP contribution >= 0.6 is 0 Å². The molecule has 0 radical (unpaired) electrons. The molecule has 6 aliphatic rings. The zero-order valence-corrected chi connectivity index (χ0v) is 22.2. The minimum Gasteiger partial charge on any atom is -0.0625 e. The van der Waals surface area contributed by atoms with E-state index >= 15 is 0 Å². The first kappa shape index (κ1) is 23.4. The second kappa shape index (κ2) is 10.5. The normalized spacial score (nSPS) is 48.1. The fourth-order valence-corrected chi connectivity index (χ4v) is 11.7. The van der Waals surface area contributed by atoms with Gasteiger partial charge in [0.05, 0.1) is 0 Å². The summed E-state index contributed by atoms with van der Waals surface area (Å²) < 4.78 is 0. The van der Waals surface area contributed by atoms with E-state index in [0.29, 0.717) is 0 Å². The van der Waals surface area contributed by atoms with Gasteiger partial charge in [-0.15, -0.1) is 0 Å². The fraction of sp³-hybridized carbons (Fsp3) is 1.00. The Labute approximate surface area is 206 Å². The van der Waals surface area contributed by atoms with Crippen LogP contribution in [0.15, 0.2) is 0 Å². The topological polar surface area (TPSA) is 0 Å². The lowest BCUT2D eigenvalue weighted by Gasteiger charge is -2.61. The molecule has 6 saturated carbocycles. The third-order valence-electron chi connectivity index (χ3n) is 12.9. The van der Waals surface area contributed by atoms with E-state index in [1.807, 2.05) is 0 Å². The molecule has 7 atom stereocenters.